The SMILES string of the molecule is CCCN1c2cc(OC)c(/C=C3/SC(=O)N(CC(=O)Nc4cccc(Cl)c4)C3=O)cc2C(C)CC1(C)C. The van der Waals surface area contributed by atoms with Crippen LogP contribution < -0.4 is 15.0 Å². The molecule has 2 aliphatic heterocycles. The normalized spacial score (nSPS) is 19.8. The van der Waals surface area contributed by atoms with E-state index in [1.165, 1.54) is 5.56 Å². The number of halogens is 1. The predicted molar refractivity (Wildman–Crippen MR) is 151 cm³/mol. The highest BCUT2D eigenvalue weighted by atomic mass is 35.5. The molecule has 1 unspecified atom stereocenters. The third kappa shape index (κ3) is 5.65. The number of methoxy groups -OCH3 is 1. The molecule has 1 N–H and O–H groups in total. The van der Waals surface area contributed by atoms with Gasteiger partial charge in [-0.3, -0.25) is 19.3 Å². The first-order valence-electron chi connectivity index (χ1n) is 12.3. The number of fused-ring (bicyclic) bond motifs is 1. The van der Waals surface area contributed by atoms with E-state index in [0.29, 0.717) is 22.4 Å². The summed E-state index contributed by atoms with van der Waals surface area (Å²) in [4.78, 5) is 41.9. The van der Waals surface area contributed by atoms with E-state index in [9.17, 15) is 14.4 Å². The number of nitrogens with zero attached hydrogens (tertiary/aromatic N) is 2. The van der Waals surface area contributed by atoms with Crippen LogP contribution in [0.5, 0.6) is 5.75 Å². The average molecular weight is 542 g/mol. The number of anilines is 2. The molecule has 0 bridgehead atoms. The summed E-state index contributed by atoms with van der Waals surface area (Å²) in [6.45, 7) is 9.47. The van der Waals surface area contributed by atoms with Crippen molar-refractivity contribution in [3.63, 3.8) is 0 Å². The van der Waals surface area contributed by atoms with Gasteiger partial charge in [0.25, 0.3) is 11.1 Å². The summed E-state index contributed by atoms with van der Waals surface area (Å²) >= 11 is 6.79. The lowest BCUT2D eigenvalue weighted by Crippen LogP contribution is -2.48. The molecule has 2 aliphatic rings. The third-order valence-electron chi connectivity index (χ3n) is 6.75. The van der Waals surface area contributed by atoms with E-state index in [0.717, 1.165) is 47.3 Å². The van der Waals surface area contributed by atoms with Gasteiger partial charge in [0.1, 0.15) is 12.3 Å². The van der Waals surface area contributed by atoms with Crippen LogP contribution >= 0.6 is 23.4 Å². The highest BCUT2D eigenvalue weighted by Gasteiger charge is 2.38. The van der Waals surface area contributed by atoms with Crippen LogP contribution in [0.4, 0.5) is 16.2 Å². The summed E-state index contributed by atoms with van der Waals surface area (Å²) in [6, 6.07) is 10.8. The van der Waals surface area contributed by atoms with E-state index in [-0.39, 0.29) is 17.0 Å². The van der Waals surface area contributed by atoms with Crippen molar-refractivity contribution in [2.75, 3.05) is 30.4 Å². The molecular weight excluding hydrogens is 510 g/mol. The van der Waals surface area contributed by atoms with Crippen LogP contribution in [0.1, 0.15) is 57.6 Å². The van der Waals surface area contributed by atoms with Crippen molar-refractivity contribution in [2.24, 2.45) is 0 Å². The number of rotatable bonds is 7. The number of hydrogen-bond acceptors (Lipinski definition) is 6. The third-order valence-corrected chi connectivity index (χ3v) is 7.90. The lowest BCUT2D eigenvalue weighted by molar-refractivity contribution is -0.127. The minimum absolute atomic E-state index is 0.0171. The molecule has 2 aromatic carbocycles. The van der Waals surface area contributed by atoms with Crippen LogP contribution in [0.2, 0.25) is 5.02 Å². The Morgan fingerprint density at radius 3 is 2.70 bits per heavy atom. The first-order valence-corrected chi connectivity index (χ1v) is 13.5. The van der Waals surface area contributed by atoms with Crippen molar-refractivity contribution < 1.29 is 19.1 Å². The first-order chi connectivity index (χ1) is 17.5. The maximum absolute atomic E-state index is 13.1. The smallest absolute Gasteiger partial charge is 0.294 e. The van der Waals surface area contributed by atoms with Crippen LogP contribution in [0.15, 0.2) is 41.3 Å². The van der Waals surface area contributed by atoms with Gasteiger partial charge >= 0.3 is 0 Å². The maximum atomic E-state index is 13.1. The Labute approximate surface area is 227 Å². The minimum Gasteiger partial charge on any atom is -0.496 e. The minimum atomic E-state index is -0.502. The number of nitrogens with one attached hydrogen (secondary N) is 1. The molecule has 0 aliphatic carbocycles. The number of hydrogen-bond donors (Lipinski definition) is 1. The van der Waals surface area contributed by atoms with Crippen LogP contribution in [0.3, 0.4) is 0 Å². The predicted octanol–water partition coefficient (Wildman–Crippen LogP) is 6.53. The van der Waals surface area contributed by atoms with E-state index >= 15 is 0 Å². The van der Waals surface area contributed by atoms with Gasteiger partial charge in [-0.2, -0.15) is 0 Å². The van der Waals surface area contributed by atoms with Gasteiger partial charge in [-0.1, -0.05) is 31.5 Å². The highest BCUT2D eigenvalue weighted by molar-refractivity contribution is 8.18. The van der Waals surface area contributed by atoms with Gasteiger partial charge in [0, 0.05) is 40.1 Å². The fourth-order valence-electron chi connectivity index (χ4n) is 5.15. The molecule has 1 atom stereocenters. The van der Waals surface area contributed by atoms with Gasteiger partial charge in [0.2, 0.25) is 5.91 Å². The number of ether oxygens (including phenoxy) is 1. The van der Waals surface area contributed by atoms with Gasteiger partial charge < -0.3 is 15.0 Å². The van der Waals surface area contributed by atoms with Gasteiger partial charge in [-0.15, -0.1) is 0 Å². The van der Waals surface area contributed by atoms with Crippen molar-refractivity contribution >= 4 is 57.9 Å². The molecule has 0 radical (unpaired) electrons. The second-order valence-corrected chi connectivity index (χ2v) is 11.5. The second-order valence-electron chi connectivity index (χ2n) is 10.0. The van der Waals surface area contributed by atoms with Gasteiger partial charge in [-0.05, 0) is 80.3 Å². The Bertz CT molecular complexity index is 1280. The molecule has 9 heteroatoms. The van der Waals surface area contributed by atoms with Crippen molar-refractivity contribution in [3.8, 4) is 5.75 Å². The summed E-state index contributed by atoms with van der Waals surface area (Å²) < 4.78 is 5.72. The molecule has 0 spiro atoms. The molecule has 2 heterocycles. The molecule has 196 valence electrons. The van der Waals surface area contributed by atoms with Crippen LogP contribution in [0.25, 0.3) is 6.08 Å². The number of thioether (sulfide) groups is 1. The molecule has 1 saturated heterocycles. The zero-order valence-electron chi connectivity index (χ0n) is 21.8. The molecule has 7 nitrogen and oxygen atoms in total. The molecule has 3 amide bonds. The zero-order chi connectivity index (χ0) is 26.9. The van der Waals surface area contributed by atoms with E-state index in [1.54, 1.807) is 37.5 Å². The van der Waals surface area contributed by atoms with Crippen LogP contribution in [-0.2, 0) is 9.59 Å². The van der Waals surface area contributed by atoms with Gasteiger partial charge in [0.05, 0.1) is 12.0 Å². The number of carbonyl (C=O) groups is 3. The lowest BCUT2D eigenvalue weighted by Gasteiger charge is -2.47. The Morgan fingerprint density at radius 2 is 2.03 bits per heavy atom. The quantitative estimate of drug-likeness (QED) is 0.402. The lowest BCUT2D eigenvalue weighted by atomic mass is 9.79. The molecule has 4 rings (SSSR count). The number of amides is 3. The first kappa shape index (κ1) is 27.1. The van der Waals surface area contributed by atoms with Gasteiger partial charge in [-0.25, -0.2) is 0 Å². The van der Waals surface area contributed by atoms with E-state index in [1.807, 2.05) is 6.07 Å². The van der Waals surface area contributed by atoms with Crippen LogP contribution in [0, 0.1) is 0 Å². The Hall–Kier alpha value is -2.97. The Balaban J connectivity index is 1.59. The Kier molecular flexibility index (Phi) is 7.90. The van der Waals surface area contributed by atoms with E-state index in [4.69, 9.17) is 16.3 Å². The summed E-state index contributed by atoms with van der Waals surface area (Å²) in [5.41, 5.74) is 3.58. The standard InChI is InChI=1S/C28H32ClN3O4S/c1-6-10-32-22-14-23(36-5)18(11-21(22)17(2)15-28(32,3)4)12-24-26(34)31(27(35)37-24)16-25(33)30-20-9-7-8-19(29)13-20/h7-9,11-14,17H,6,10,15-16H2,1-5H3,(H,30,33)/b24-12+. The van der Waals surface area contributed by atoms with Crippen LogP contribution in [-0.4, -0.2) is 47.7 Å². The van der Waals surface area contributed by atoms with Crippen molar-refractivity contribution in [1.29, 1.82) is 0 Å². The van der Waals surface area contributed by atoms with Crippen molar-refractivity contribution in [3.05, 3.63) is 57.5 Å². The fourth-order valence-corrected chi connectivity index (χ4v) is 6.17. The molecule has 1 fully saturated rings. The molecule has 0 saturated carbocycles. The monoisotopic (exact) mass is 541 g/mol. The molecule has 2 aromatic rings. The summed E-state index contributed by atoms with van der Waals surface area (Å²) in [7, 11) is 1.60. The topological polar surface area (TPSA) is 79.0 Å². The molecule has 0 aromatic heterocycles. The summed E-state index contributed by atoms with van der Waals surface area (Å²) in [5, 5.41) is 2.66. The fraction of sp³-hybridized carbons (Fsp3) is 0.393. The number of benzene rings is 2. The zero-order valence-corrected chi connectivity index (χ0v) is 23.3. The average Bonchev–Trinajstić information content (AvgIpc) is 3.08. The largest absolute Gasteiger partial charge is 0.496 e. The van der Waals surface area contributed by atoms with Gasteiger partial charge in [0.15, 0.2) is 0 Å². The van der Waals surface area contributed by atoms with Crippen molar-refractivity contribution in [1.82, 2.24) is 4.90 Å². The second kappa shape index (κ2) is 10.8. The molecule has 37 heavy (non-hydrogen) atoms. The van der Waals surface area contributed by atoms with Crippen molar-refractivity contribution in [2.45, 2.75) is 52.0 Å². The Morgan fingerprint density at radius 1 is 1.27 bits per heavy atom. The number of imide groups is 1. The van der Waals surface area contributed by atoms with E-state index < -0.39 is 17.1 Å². The highest BCUT2D eigenvalue weighted by Crippen LogP contribution is 2.46. The summed E-state index contributed by atoms with van der Waals surface area (Å²) in [5.74, 6) is -0.0286. The maximum Gasteiger partial charge on any atom is 0.294 e. The summed E-state index contributed by atoms with van der Waals surface area (Å²) in [6.07, 6.45) is 3.72. The number of carbonyl (C=O) groups excluding carboxylic acids is 3. The molecular formula is C28H32ClN3O4S. The van der Waals surface area contributed by atoms with E-state index in [2.05, 4.69) is 44.0 Å².